The smallest absolute Gasteiger partial charge is 0.220 e. The van der Waals surface area contributed by atoms with Gasteiger partial charge in [-0.2, -0.15) is 0 Å². The number of hydrogen-bond donors (Lipinski definition) is 4. The van der Waals surface area contributed by atoms with Crippen LogP contribution in [0.3, 0.4) is 0 Å². The van der Waals surface area contributed by atoms with Crippen molar-refractivity contribution in [3.05, 3.63) is 35.7 Å². The Morgan fingerprint density at radius 1 is 0.451 bits per heavy atom. The van der Waals surface area contributed by atoms with Gasteiger partial charge >= 0.3 is 0 Å². The Balaban J connectivity index is 1.55. The minimum absolute atomic E-state index is 0.0114. The number of unbranched alkanes of at least 4 members (excludes halogenated alkanes) is 4. The van der Waals surface area contributed by atoms with Crippen molar-refractivity contribution >= 4 is 29.4 Å². The Labute approximate surface area is 418 Å². The number of ether oxygens (including phenoxy) is 6. The summed E-state index contributed by atoms with van der Waals surface area (Å²) >= 11 is 0. The lowest BCUT2D eigenvalue weighted by Crippen LogP contribution is -2.50. The highest BCUT2D eigenvalue weighted by Gasteiger charge is 2.33. The van der Waals surface area contributed by atoms with Crippen molar-refractivity contribution in [3.63, 3.8) is 0 Å². The van der Waals surface area contributed by atoms with Crippen molar-refractivity contribution in [1.29, 1.82) is 0 Å². The molecule has 3 heterocycles. The summed E-state index contributed by atoms with van der Waals surface area (Å²) in [5, 5.41) is 35.4. The zero-order chi connectivity index (χ0) is 51.2. The average molecular weight is 1000 g/mol. The van der Waals surface area contributed by atoms with E-state index in [9.17, 15) is 24.0 Å². The summed E-state index contributed by atoms with van der Waals surface area (Å²) in [4.78, 5) is 66.2. The summed E-state index contributed by atoms with van der Waals surface area (Å²) in [5.74, 6) is -1.03. The first-order chi connectivity index (χ1) is 34.4. The average Bonchev–Trinajstić information content (AvgIpc) is 4.10. The van der Waals surface area contributed by atoms with Gasteiger partial charge < -0.3 is 49.7 Å². The van der Waals surface area contributed by atoms with E-state index in [2.05, 4.69) is 59.1 Å². The predicted molar refractivity (Wildman–Crippen MR) is 259 cm³/mol. The molecule has 0 saturated carbocycles. The van der Waals surface area contributed by atoms with E-state index < -0.39 is 5.54 Å². The molecule has 0 bridgehead atoms. The van der Waals surface area contributed by atoms with Crippen molar-refractivity contribution in [2.24, 2.45) is 21.1 Å². The quantitative estimate of drug-likeness (QED) is 0.0590. The third-order valence-electron chi connectivity index (χ3n) is 11.1. The molecule has 0 fully saturated rings. The van der Waals surface area contributed by atoms with E-state index in [0.717, 1.165) is 31.4 Å². The molecule has 0 aliphatic carbocycles. The van der Waals surface area contributed by atoms with Gasteiger partial charge in [-0.15, -0.1) is 15.3 Å². The van der Waals surface area contributed by atoms with Gasteiger partial charge in [0.25, 0.3) is 0 Å². The molecule has 0 unspecified atom stereocenters. The highest BCUT2D eigenvalue weighted by molar-refractivity contribution is 5.81. The first-order valence-corrected chi connectivity index (χ1v) is 25.1. The van der Waals surface area contributed by atoms with Crippen LogP contribution in [0.25, 0.3) is 0 Å². The van der Waals surface area contributed by atoms with Crippen LogP contribution in [0.5, 0.6) is 0 Å². The van der Waals surface area contributed by atoms with Gasteiger partial charge in [-0.25, -0.2) is 0 Å². The SMILES string of the molecule is CCCCCCCNC(=O)CCCC(=O)NC(CCC(=O)CCCOCCOCc1cn(C)nn1)(CCC(=O)NCCOCCOCc1cn(C)nn1)CCC(=O)NCCOCCOCc1cn(C)nn1. The first kappa shape index (κ1) is 60.0. The number of carbonyl (C=O) groups is 5. The fraction of sp³-hybridized carbons (Fsp3) is 0.766. The van der Waals surface area contributed by atoms with Gasteiger partial charge in [0.05, 0.1) is 91.3 Å². The Morgan fingerprint density at radius 3 is 1.35 bits per heavy atom. The van der Waals surface area contributed by atoms with Gasteiger partial charge in [-0.1, -0.05) is 48.2 Å². The highest BCUT2D eigenvalue weighted by Crippen LogP contribution is 2.27. The van der Waals surface area contributed by atoms with Gasteiger partial charge in [0.15, 0.2) is 0 Å². The zero-order valence-corrected chi connectivity index (χ0v) is 42.7. The van der Waals surface area contributed by atoms with Crippen molar-refractivity contribution in [2.75, 3.05) is 79.1 Å². The molecule has 4 N–H and O–H groups in total. The number of aryl methyl sites for hydroxylation is 3. The number of carbonyl (C=O) groups excluding carboxylic acids is 5. The van der Waals surface area contributed by atoms with Crippen molar-refractivity contribution < 1.29 is 52.4 Å². The van der Waals surface area contributed by atoms with E-state index in [1.807, 2.05) is 0 Å². The number of amides is 4. The van der Waals surface area contributed by atoms with Crippen LogP contribution in [0, 0.1) is 0 Å². The summed E-state index contributed by atoms with van der Waals surface area (Å²) in [6.45, 7) is 7.06. The van der Waals surface area contributed by atoms with Gasteiger partial charge in [0.2, 0.25) is 23.6 Å². The molecular weight excluding hydrogens is 923 g/mol. The van der Waals surface area contributed by atoms with E-state index in [-0.39, 0.29) is 114 Å². The molecule has 0 radical (unpaired) electrons. The molecule has 3 rings (SSSR count). The fourth-order valence-electron chi connectivity index (χ4n) is 7.23. The maximum Gasteiger partial charge on any atom is 0.220 e. The molecule has 0 atom stereocenters. The molecule has 0 spiro atoms. The van der Waals surface area contributed by atoms with Gasteiger partial charge in [-0.05, 0) is 38.5 Å². The van der Waals surface area contributed by atoms with Crippen LogP contribution in [0.15, 0.2) is 18.6 Å². The van der Waals surface area contributed by atoms with Crippen molar-refractivity contribution in [3.8, 4) is 0 Å². The van der Waals surface area contributed by atoms with Gasteiger partial charge in [0, 0.05) is 91.4 Å². The Morgan fingerprint density at radius 2 is 0.873 bits per heavy atom. The molecule has 3 aromatic heterocycles. The minimum atomic E-state index is -1.09. The molecule has 0 aliphatic rings. The number of Topliss-reactive ketones (excluding diaryl/α,β-unsaturated/α-hetero) is 1. The lowest BCUT2D eigenvalue weighted by Gasteiger charge is -2.35. The second-order valence-electron chi connectivity index (χ2n) is 17.4. The van der Waals surface area contributed by atoms with Crippen LogP contribution in [0.2, 0.25) is 0 Å². The standard InChI is InChI=1S/C47H81N13O11/c1-5-6-7-8-9-21-48-43(62)13-10-14-46(65)51-47(18-15-42(61)12-11-24-66-27-30-69-36-39-33-58(2)55-52-39,19-16-44(63)49-22-25-67-28-31-70-37-40-34-59(3)56-53-40)20-17-45(64)50-23-26-68-29-32-71-38-41-35-60(4)57-54-41/h33-35H,5-32,36-38H2,1-4H3,(H,48,62)(H,49,63)(H,50,64)(H,51,65). The highest BCUT2D eigenvalue weighted by atomic mass is 16.5. The van der Waals surface area contributed by atoms with Crippen LogP contribution < -0.4 is 21.3 Å². The molecule has 24 nitrogen and oxygen atoms in total. The molecular formula is C47H81N13O11. The molecule has 400 valence electrons. The maximum atomic E-state index is 13.7. The number of rotatable bonds is 45. The fourth-order valence-corrected chi connectivity index (χ4v) is 7.23. The lowest BCUT2D eigenvalue weighted by molar-refractivity contribution is -0.127. The Hall–Kier alpha value is -5.27. The second kappa shape index (κ2) is 37.5. The van der Waals surface area contributed by atoms with E-state index in [4.69, 9.17) is 28.4 Å². The topological polar surface area (TPSA) is 281 Å². The molecule has 3 aromatic rings. The minimum Gasteiger partial charge on any atom is -0.379 e. The Kier molecular flexibility index (Phi) is 31.7. The number of ketones is 1. The van der Waals surface area contributed by atoms with E-state index >= 15 is 0 Å². The Bertz CT molecular complexity index is 1750. The molecule has 0 saturated heterocycles. The van der Waals surface area contributed by atoms with Crippen LogP contribution in [-0.2, 0) is 93.4 Å². The van der Waals surface area contributed by atoms with Crippen LogP contribution in [0.4, 0.5) is 0 Å². The third-order valence-corrected chi connectivity index (χ3v) is 11.1. The number of aromatic nitrogens is 9. The molecule has 0 aliphatic heterocycles. The summed E-state index contributed by atoms with van der Waals surface area (Å²) in [5.41, 5.74) is 1.05. The largest absolute Gasteiger partial charge is 0.379 e. The maximum absolute atomic E-state index is 13.7. The number of hydrogen-bond acceptors (Lipinski definition) is 17. The van der Waals surface area contributed by atoms with E-state index in [1.165, 1.54) is 6.42 Å². The molecule has 24 heteroatoms. The third kappa shape index (κ3) is 30.3. The summed E-state index contributed by atoms with van der Waals surface area (Å²) in [6, 6.07) is 0. The summed E-state index contributed by atoms with van der Waals surface area (Å²) < 4.78 is 38.4. The van der Waals surface area contributed by atoms with Crippen LogP contribution >= 0.6 is 0 Å². The van der Waals surface area contributed by atoms with Crippen LogP contribution in [0.1, 0.15) is 127 Å². The van der Waals surface area contributed by atoms with Gasteiger partial charge in [-0.3, -0.25) is 38.0 Å². The first-order valence-electron chi connectivity index (χ1n) is 25.1. The number of nitrogens with zero attached hydrogens (tertiary/aromatic N) is 9. The lowest BCUT2D eigenvalue weighted by atomic mass is 9.82. The number of nitrogens with one attached hydrogen (secondary N) is 4. The van der Waals surface area contributed by atoms with Gasteiger partial charge in [0.1, 0.15) is 22.9 Å². The van der Waals surface area contributed by atoms with E-state index in [0.29, 0.717) is 96.8 Å². The monoisotopic (exact) mass is 1000 g/mol. The second-order valence-corrected chi connectivity index (χ2v) is 17.4. The predicted octanol–water partition coefficient (Wildman–Crippen LogP) is 2.11. The van der Waals surface area contributed by atoms with Crippen LogP contribution in [-0.4, -0.2) is 159 Å². The zero-order valence-electron chi connectivity index (χ0n) is 42.7. The molecule has 4 amide bonds. The summed E-state index contributed by atoms with van der Waals surface area (Å²) in [7, 11) is 5.34. The summed E-state index contributed by atoms with van der Waals surface area (Å²) in [6.07, 6.45) is 12.6. The molecule has 71 heavy (non-hydrogen) atoms. The van der Waals surface area contributed by atoms with Crippen molar-refractivity contribution in [1.82, 2.24) is 66.2 Å². The van der Waals surface area contributed by atoms with E-state index in [1.54, 1.807) is 53.8 Å². The normalized spacial score (nSPS) is 11.5. The van der Waals surface area contributed by atoms with Crippen molar-refractivity contribution in [2.45, 2.75) is 135 Å². The molecule has 0 aromatic carbocycles.